The topological polar surface area (TPSA) is 61.4 Å². The molecule has 0 unspecified atom stereocenters. The van der Waals surface area contributed by atoms with E-state index in [9.17, 15) is 23.1 Å². The Kier molecular flexibility index (Phi) is 3.26. The number of nitrogens with one attached hydrogen (secondary N) is 2. The van der Waals surface area contributed by atoms with Crippen LogP contribution < -0.4 is 10.6 Å². The Morgan fingerprint density at radius 3 is 2.56 bits per heavy atom. The highest BCUT2D eigenvalue weighted by atomic mass is 19.4. The minimum atomic E-state index is -4.80. The van der Waals surface area contributed by atoms with Crippen LogP contribution in [0.5, 0.6) is 5.75 Å². The van der Waals surface area contributed by atoms with Gasteiger partial charge in [-0.05, 0) is 24.6 Å². The van der Waals surface area contributed by atoms with Gasteiger partial charge in [0.1, 0.15) is 5.75 Å². The lowest BCUT2D eigenvalue weighted by Crippen LogP contribution is -2.40. The molecule has 0 heterocycles. The molecule has 0 radical (unpaired) electrons. The summed E-state index contributed by atoms with van der Waals surface area (Å²) in [6, 6.07) is 2.74. The van der Waals surface area contributed by atoms with Crippen molar-refractivity contribution in [3.8, 4) is 5.75 Å². The average molecular weight is 234 g/mol. The lowest BCUT2D eigenvalue weighted by molar-refractivity contribution is -0.144. The van der Waals surface area contributed by atoms with Crippen LogP contribution >= 0.6 is 0 Å². The van der Waals surface area contributed by atoms with Gasteiger partial charge in [-0.1, -0.05) is 6.07 Å². The minimum Gasteiger partial charge on any atom is -0.506 e. The molecule has 0 aromatic heterocycles. The maximum Gasteiger partial charge on any atom is 0.485 e. The van der Waals surface area contributed by atoms with Gasteiger partial charge in [0.25, 0.3) is 0 Å². The number of anilines is 1. The number of alkyl halides is 3. The van der Waals surface area contributed by atoms with Crippen LogP contribution in [0.25, 0.3) is 0 Å². The van der Waals surface area contributed by atoms with E-state index in [0.29, 0.717) is 5.56 Å². The summed E-state index contributed by atoms with van der Waals surface area (Å²) in [5.41, 5.74) is 0.613. The largest absolute Gasteiger partial charge is 0.506 e. The van der Waals surface area contributed by atoms with E-state index >= 15 is 0 Å². The van der Waals surface area contributed by atoms with Crippen LogP contribution in [0, 0.1) is 6.92 Å². The first-order valence-corrected chi connectivity index (χ1v) is 4.23. The van der Waals surface area contributed by atoms with Crippen LogP contribution in [0.15, 0.2) is 18.2 Å². The van der Waals surface area contributed by atoms with Gasteiger partial charge in [0.15, 0.2) is 0 Å². The number of carbonyl (C=O) groups excluding carboxylic acids is 1. The number of hydrogen-bond acceptors (Lipinski definition) is 2. The number of benzene rings is 1. The van der Waals surface area contributed by atoms with Crippen molar-refractivity contribution in [3.05, 3.63) is 23.8 Å². The van der Waals surface area contributed by atoms with Crippen LogP contribution in [0.3, 0.4) is 0 Å². The number of urea groups is 1. The van der Waals surface area contributed by atoms with Crippen LogP contribution in [-0.4, -0.2) is 17.4 Å². The zero-order valence-electron chi connectivity index (χ0n) is 8.22. The summed E-state index contributed by atoms with van der Waals surface area (Å²) in [5, 5.41) is 11.9. The molecule has 0 aliphatic heterocycles. The number of rotatable bonds is 1. The first-order chi connectivity index (χ1) is 7.28. The molecule has 1 aromatic carbocycles. The van der Waals surface area contributed by atoms with Crippen molar-refractivity contribution in [2.75, 3.05) is 5.32 Å². The summed E-state index contributed by atoms with van der Waals surface area (Å²) in [4.78, 5) is 10.8. The molecule has 1 aromatic rings. The number of aromatic hydroxyl groups is 1. The molecule has 0 spiro atoms. The average Bonchev–Trinajstić information content (AvgIpc) is 2.08. The zero-order valence-corrected chi connectivity index (χ0v) is 8.22. The monoisotopic (exact) mass is 234 g/mol. The van der Waals surface area contributed by atoms with E-state index in [2.05, 4.69) is 0 Å². The second-order valence-electron chi connectivity index (χ2n) is 3.10. The molecule has 0 aliphatic carbocycles. The van der Waals surface area contributed by atoms with Crippen molar-refractivity contribution >= 4 is 11.7 Å². The van der Waals surface area contributed by atoms with Gasteiger partial charge in [-0.25, -0.2) is 10.1 Å². The van der Waals surface area contributed by atoms with E-state index < -0.39 is 12.3 Å². The fraction of sp³-hybridized carbons (Fsp3) is 0.222. The predicted octanol–water partition coefficient (Wildman–Crippen LogP) is 2.34. The second kappa shape index (κ2) is 4.30. The van der Waals surface area contributed by atoms with Crippen molar-refractivity contribution < 1.29 is 23.1 Å². The smallest absolute Gasteiger partial charge is 0.485 e. The molecular weight excluding hydrogens is 225 g/mol. The standard InChI is InChI=1S/C9H9F3N2O2/c1-5-2-3-7(15)6(4-5)13-8(16)14-9(10,11)12/h2-4,15H,1H3,(H2,13,14,16). The van der Waals surface area contributed by atoms with E-state index in [-0.39, 0.29) is 11.4 Å². The number of phenols is 1. The molecule has 0 saturated heterocycles. The molecule has 1 rings (SSSR count). The Hall–Kier alpha value is -1.92. The van der Waals surface area contributed by atoms with Gasteiger partial charge < -0.3 is 10.4 Å². The SMILES string of the molecule is Cc1ccc(O)c(NC(=O)NC(F)(F)F)c1. The van der Waals surface area contributed by atoms with Crippen LogP contribution in [0.2, 0.25) is 0 Å². The van der Waals surface area contributed by atoms with Crippen molar-refractivity contribution in [2.45, 2.75) is 13.2 Å². The highest BCUT2D eigenvalue weighted by Crippen LogP contribution is 2.23. The molecule has 2 amide bonds. The van der Waals surface area contributed by atoms with E-state index in [1.165, 1.54) is 12.1 Å². The summed E-state index contributed by atoms with van der Waals surface area (Å²) in [6.07, 6.45) is -4.80. The Balaban J connectivity index is 2.73. The summed E-state index contributed by atoms with van der Waals surface area (Å²) in [5.74, 6) is -0.303. The van der Waals surface area contributed by atoms with Gasteiger partial charge in [0, 0.05) is 0 Å². The highest BCUT2D eigenvalue weighted by molar-refractivity contribution is 5.91. The Morgan fingerprint density at radius 2 is 2.00 bits per heavy atom. The molecule has 4 nitrogen and oxygen atoms in total. The quantitative estimate of drug-likeness (QED) is 0.516. The van der Waals surface area contributed by atoms with E-state index in [4.69, 9.17) is 0 Å². The number of halogens is 3. The molecule has 88 valence electrons. The number of aryl methyl sites for hydroxylation is 1. The van der Waals surface area contributed by atoms with E-state index in [1.54, 1.807) is 13.0 Å². The fourth-order valence-corrected chi connectivity index (χ4v) is 1.03. The number of phenolic OH excluding ortho intramolecular Hbond substituents is 1. The number of hydrogen-bond donors (Lipinski definition) is 3. The molecule has 7 heteroatoms. The van der Waals surface area contributed by atoms with Gasteiger partial charge in [0.2, 0.25) is 0 Å². The van der Waals surface area contributed by atoms with E-state index in [1.807, 2.05) is 5.32 Å². The highest BCUT2D eigenvalue weighted by Gasteiger charge is 2.30. The van der Waals surface area contributed by atoms with Crippen molar-refractivity contribution in [2.24, 2.45) is 0 Å². The fourth-order valence-electron chi connectivity index (χ4n) is 1.03. The van der Waals surface area contributed by atoms with Crippen molar-refractivity contribution in [1.29, 1.82) is 0 Å². The number of amides is 2. The van der Waals surface area contributed by atoms with Gasteiger partial charge in [-0.2, -0.15) is 13.2 Å². The molecule has 0 fully saturated rings. The van der Waals surface area contributed by atoms with Crippen LogP contribution in [0.1, 0.15) is 5.56 Å². The van der Waals surface area contributed by atoms with Crippen LogP contribution in [0.4, 0.5) is 23.7 Å². The third-order valence-corrected chi connectivity index (χ3v) is 1.66. The Labute approximate surface area is 89.1 Å². The van der Waals surface area contributed by atoms with Gasteiger partial charge in [0.05, 0.1) is 5.69 Å². The molecule has 0 aliphatic rings. The first-order valence-electron chi connectivity index (χ1n) is 4.23. The Morgan fingerprint density at radius 1 is 1.38 bits per heavy atom. The lowest BCUT2D eigenvalue weighted by atomic mass is 10.2. The molecule has 0 atom stereocenters. The summed E-state index contributed by atoms with van der Waals surface area (Å²) < 4.78 is 35.3. The maximum atomic E-state index is 11.8. The zero-order chi connectivity index (χ0) is 12.3. The first kappa shape index (κ1) is 12.2. The molecular formula is C9H9F3N2O2. The number of carbonyl (C=O) groups is 1. The summed E-state index contributed by atoms with van der Waals surface area (Å²) in [6.45, 7) is 1.67. The third-order valence-electron chi connectivity index (χ3n) is 1.66. The lowest BCUT2D eigenvalue weighted by Gasteiger charge is -2.11. The van der Waals surface area contributed by atoms with E-state index in [0.717, 1.165) is 5.32 Å². The van der Waals surface area contributed by atoms with Crippen LogP contribution in [-0.2, 0) is 0 Å². The third kappa shape index (κ3) is 3.68. The Bertz CT molecular complexity index is 404. The predicted molar refractivity (Wildman–Crippen MR) is 51.1 cm³/mol. The molecule has 0 bridgehead atoms. The molecule has 3 N–H and O–H groups in total. The van der Waals surface area contributed by atoms with Gasteiger partial charge >= 0.3 is 12.3 Å². The summed E-state index contributed by atoms with van der Waals surface area (Å²) >= 11 is 0. The maximum absolute atomic E-state index is 11.8. The molecule has 16 heavy (non-hydrogen) atoms. The van der Waals surface area contributed by atoms with Crippen molar-refractivity contribution in [3.63, 3.8) is 0 Å². The second-order valence-corrected chi connectivity index (χ2v) is 3.10. The minimum absolute atomic E-state index is 0.0817. The summed E-state index contributed by atoms with van der Waals surface area (Å²) in [7, 11) is 0. The van der Waals surface area contributed by atoms with Gasteiger partial charge in [-0.3, -0.25) is 0 Å². The molecule has 0 saturated carbocycles. The normalized spacial score (nSPS) is 11.0. The van der Waals surface area contributed by atoms with Crippen molar-refractivity contribution in [1.82, 2.24) is 5.32 Å². The van der Waals surface area contributed by atoms with Gasteiger partial charge in [-0.15, -0.1) is 0 Å².